The molecule has 110 valence electrons. The molecule has 0 fully saturated rings. The van der Waals surface area contributed by atoms with E-state index in [0.717, 1.165) is 17.5 Å². The molecule has 0 aliphatic carbocycles. The highest BCUT2D eigenvalue weighted by atomic mass is 35.5. The fraction of sp³-hybridized carbons (Fsp3) is 0.533. The summed E-state index contributed by atoms with van der Waals surface area (Å²) in [6.45, 7) is 6.79. The highest BCUT2D eigenvalue weighted by Crippen LogP contribution is 2.46. The zero-order valence-corrected chi connectivity index (χ0v) is 12.7. The number of rotatable bonds is 4. The van der Waals surface area contributed by atoms with Crippen molar-refractivity contribution in [3.8, 4) is 11.5 Å². The summed E-state index contributed by atoms with van der Waals surface area (Å²) in [5, 5.41) is 9.57. The summed E-state index contributed by atoms with van der Waals surface area (Å²) in [5.74, 6) is 0.410. The van der Waals surface area contributed by atoms with E-state index in [9.17, 15) is 4.79 Å². The maximum atomic E-state index is 11.1. The Morgan fingerprint density at radius 1 is 1.35 bits per heavy atom. The molecule has 0 saturated heterocycles. The Hall–Kier alpha value is -1.42. The van der Waals surface area contributed by atoms with Crippen LogP contribution in [0.1, 0.15) is 38.3 Å². The highest BCUT2D eigenvalue weighted by Gasteiger charge is 2.31. The number of halogens is 1. The standard InChI is InChI=1S/C15H19ClO4/c1-4-9-10(15(2,3)8-12(17)18)7-11(16)14-13(9)19-5-6-20-14/h7H,4-6,8H2,1-3H3,(H,17,18). The van der Waals surface area contributed by atoms with E-state index in [1.807, 2.05) is 26.8 Å². The highest BCUT2D eigenvalue weighted by molar-refractivity contribution is 6.32. The lowest BCUT2D eigenvalue weighted by molar-refractivity contribution is -0.138. The van der Waals surface area contributed by atoms with Gasteiger partial charge in [-0.2, -0.15) is 0 Å². The van der Waals surface area contributed by atoms with Crippen molar-refractivity contribution in [1.29, 1.82) is 0 Å². The van der Waals surface area contributed by atoms with Crippen LogP contribution in [-0.2, 0) is 16.6 Å². The van der Waals surface area contributed by atoms with Crippen LogP contribution in [0, 0.1) is 0 Å². The Kier molecular flexibility index (Phi) is 4.14. The maximum absolute atomic E-state index is 11.1. The first-order chi connectivity index (χ1) is 9.36. The quantitative estimate of drug-likeness (QED) is 0.925. The van der Waals surface area contributed by atoms with Crippen molar-refractivity contribution < 1.29 is 19.4 Å². The third-order valence-corrected chi connectivity index (χ3v) is 3.83. The second-order valence-electron chi connectivity index (χ2n) is 5.55. The molecule has 0 spiro atoms. The molecule has 1 aromatic rings. The van der Waals surface area contributed by atoms with Crippen LogP contribution in [0.3, 0.4) is 0 Å². The van der Waals surface area contributed by atoms with E-state index >= 15 is 0 Å². The van der Waals surface area contributed by atoms with Gasteiger partial charge in [-0.05, 0) is 18.1 Å². The van der Waals surface area contributed by atoms with E-state index in [1.165, 1.54) is 0 Å². The molecule has 0 unspecified atom stereocenters. The number of ether oxygens (including phenoxy) is 2. The Morgan fingerprint density at radius 3 is 2.50 bits per heavy atom. The molecule has 1 N–H and O–H groups in total. The number of carboxylic acid groups (broad SMARTS) is 1. The van der Waals surface area contributed by atoms with Crippen LogP contribution in [0.2, 0.25) is 5.02 Å². The van der Waals surface area contributed by atoms with E-state index in [-0.39, 0.29) is 6.42 Å². The summed E-state index contributed by atoms with van der Waals surface area (Å²) in [6, 6.07) is 1.82. The predicted octanol–water partition coefficient (Wildman–Crippen LogP) is 3.43. The fourth-order valence-electron chi connectivity index (χ4n) is 2.65. The lowest BCUT2D eigenvalue weighted by atomic mass is 9.78. The van der Waals surface area contributed by atoms with Crippen LogP contribution in [0.25, 0.3) is 0 Å². The number of hydrogen-bond acceptors (Lipinski definition) is 3. The van der Waals surface area contributed by atoms with Gasteiger partial charge in [-0.1, -0.05) is 32.4 Å². The SMILES string of the molecule is CCc1c(C(C)(C)CC(=O)O)cc(Cl)c2c1OCCO2. The summed E-state index contributed by atoms with van der Waals surface area (Å²) in [4.78, 5) is 11.1. The van der Waals surface area contributed by atoms with Crippen LogP contribution < -0.4 is 9.47 Å². The van der Waals surface area contributed by atoms with Gasteiger partial charge in [0.15, 0.2) is 11.5 Å². The van der Waals surface area contributed by atoms with Gasteiger partial charge >= 0.3 is 5.97 Å². The third-order valence-electron chi connectivity index (χ3n) is 3.55. The molecule has 1 heterocycles. The van der Waals surface area contributed by atoms with Crippen molar-refractivity contribution in [2.24, 2.45) is 0 Å². The summed E-state index contributed by atoms with van der Waals surface area (Å²) in [5.41, 5.74) is 1.38. The van der Waals surface area contributed by atoms with Gasteiger partial charge in [0.1, 0.15) is 13.2 Å². The summed E-state index contributed by atoms with van der Waals surface area (Å²) >= 11 is 6.27. The molecule has 0 atom stereocenters. The number of carbonyl (C=O) groups is 1. The smallest absolute Gasteiger partial charge is 0.304 e. The lowest BCUT2D eigenvalue weighted by Crippen LogP contribution is -2.25. The van der Waals surface area contributed by atoms with Gasteiger partial charge in [-0.15, -0.1) is 0 Å². The minimum absolute atomic E-state index is 0.0377. The van der Waals surface area contributed by atoms with Crippen LogP contribution in [0.5, 0.6) is 11.5 Å². The molecule has 20 heavy (non-hydrogen) atoms. The first-order valence-corrected chi connectivity index (χ1v) is 7.08. The van der Waals surface area contributed by atoms with Crippen molar-refractivity contribution in [3.63, 3.8) is 0 Å². The second kappa shape index (κ2) is 5.52. The second-order valence-corrected chi connectivity index (χ2v) is 5.95. The molecular weight excluding hydrogens is 280 g/mol. The first kappa shape index (κ1) is 15.0. The number of hydrogen-bond donors (Lipinski definition) is 1. The van der Waals surface area contributed by atoms with E-state index < -0.39 is 11.4 Å². The van der Waals surface area contributed by atoms with Crippen molar-refractivity contribution in [2.45, 2.75) is 39.0 Å². The molecule has 5 heteroatoms. The zero-order chi connectivity index (χ0) is 14.9. The van der Waals surface area contributed by atoms with Gasteiger partial charge in [0, 0.05) is 11.0 Å². The maximum Gasteiger partial charge on any atom is 0.304 e. The van der Waals surface area contributed by atoms with Crippen molar-refractivity contribution >= 4 is 17.6 Å². The van der Waals surface area contributed by atoms with Gasteiger partial charge < -0.3 is 14.6 Å². The van der Waals surface area contributed by atoms with Crippen molar-refractivity contribution in [3.05, 3.63) is 22.2 Å². The molecule has 0 bridgehead atoms. The van der Waals surface area contributed by atoms with Crippen LogP contribution >= 0.6 is 11.6 Å². The van der Waals surface area contributed by atoms with Crippen LogP contribution in [0.4, 0.5) is 0 Å². The first-order valence-electron chi connectivity index (χ1n) is 6.70. The number of fused-ring (bicyclic) bond motifs is 1. The topological polar surface area (TPSA) is 55.8 Å². The fourth-order valence-corrected chi connectivity index (χ4v) is 2.90. The van der Waals surface area contributed by atoms with Gasteiger partial charge in [0.25, 0.3) is 0 Å². The lowest BCUT2D eigenvalue weighted by Gasteiger charge is -2.30. The minimum Gasteiger partial charge on any atom is -0.486 e. The zero-order valence-electron chi connectivity index (χ0n) is 12.0. The van der Waals surface area contributed by atoms with E-state index in [0.29, 0.717) is 29.7 Å². The van der Waals surface area contributed by atoms with E-state index in [1.54, 1.807) is 0 Å². The largest absolute Gasteiger partial charge is 0.486 e. The van der Waals surface area contributed by atoms with Gasteiger partial charge in [-0.25, -0.2) is 0 Å². The molecule has 0 aromatic heterocycles. The molecule has 0 saturated carbocycles. The number of aliphatic carboxylic acids is 1. The third kappa shape index (κ3) is 2.70. The number of benzene rings is 1. The molecule has 1 aromatic carbocycles. The van der Waals surface area contributed by atoms with E-state index in [2.05, 4.69) is 0 Å². The average Bonchev–Trinajstić information content (AvgIpc) is 2.37. The molecule has 0 amide bonds. The van der Waals surface area contributed by atoms with E-state index in [4.69, 9.17) is 26.2 Å². The normalized spacial score (nSPS) is 14.2. The number of carboxylic acids is 1. The van der Waals surface area contributed by atoms with Crippen molar-refractivity contribution in [1.82, 2.24) is 0 Å². The van der Waals surface area contributed by atoms with Crippen LogP contribution in [0.15, 0.2) is 6.07 Å². The van der Waals surface area contributed by atoms with Gasteiger partial charge in [0.2, 0.25) is 0 Å². The molecule has 4 nitrogen and oxygen atoms in total. The molecule has 1 aliphatic heterocycles. The Balaban J connectivity index is 2.58. The minimum atomic E-state index is -0.830. The molecule has 1 aliphatic rings. The molecule has 0 radical (unpaired) electrons. The van der Waals surface area contributed by atoms with Crippen molar-refractivity contribution in [2.75, 3.05) is 13.2 Å². The monoisotopic (exact) mass is 298 g/mol. The van der Waals surface area contributed by atoms with Crippen LogP contribution in [-0.4, -0.2) is 24.3 Å². The predicted molar refractivity (Wildman–Crippen MR) is 77.1 cm³/mol. The summed E-state index contributed by atoms with van der Waals surface area (Å²) in [7, 11) is 0. The van der Waals surface area contributed by atoms with Gasteiger partial charge in [-0.3, -0.25) is 4.79 Å². The summed E-state index contributed by atoms with van der Waals surface area (Å²) in [6.07, 6.45) is 0.775. The Labute approximate surface area is 123 Å². The summed E-state index contributed by atoms with van der Waals surface area (Å²) < 4.78 is 11.3. The Morgan fingerprint density at radius 2 is 1.95 bits per heavy atom. The Bertz CT molecular complexity index is 537. The molecule has 2 rings (SSSR count). The molecular formula is C15H19ClO4. The van der Waals surface area contributed by atoms with Gasteiger partial charge in [0.05, 0.1) is 11.4 Å². The average molecular weight is 299 g/mol.